The van der Waals surface area contributed by atoms with Gasteiger partial charge in [-0.15, -0.1) is 0 Å². The molecule has 5 heteroatoms. The number of anilines is 3. The lowest BCUT2D eigenvalue weighted by molar-refractivity contribution is 0.181. The molecule has 20 heavy (non-hydrogen) atoms. The van der Waals surface area contributed by atoms with Crippen LogP contribution in [-0.4, -0.2) is 24.2 Å². The Bertz CT molecular complexity index is 643. The van der Waals surface area contributed by atoms with E-state index in [0.29, 0.717) is 13.2 Å². The molecule has 1 aliphatic heterocycles. The van der Waals surface area contributed by atoms with Gasteiger partial charge in [-0.2, -0.15) is 0 Å². The number of aryl methyl sites for hydroxylation is 1. The number of carbonyl (C=O) groups excluding carboxylic acids is 1. The fraction of sp³-hybridized carbons (Fsp3) is 0.200. The van der Waals surface area contributed by atoms with E-state index in [9.17, 15) is 4.79 Å². The number of nitrogens with zero attached hydrogens (tertiary/aromatic N) is 2. The maximum Gasteiger partial charge on any atom is 0.414 e. The number of hydrogen-bond acceptors (Lipinski definition) is 4. The van der Waals surface area contributed by atoms with E-state index in [-0.39, 0.29) is 6.09 Å². The topological polar surface area (TPSA) is 54.5 Å². The Morgan fingerprint density at radius 3 is 2.95 bits per heavy atom. The Labute approximate surface area is 117 Å². The van der Waals surface area contributed by atoms with Crippen LogP contribution in [0.15, 0.2) is 42.6 Å². The highest BCUT2D eigenvalue weighted by Gasteiger charge is 2.23. The van der Waals surface area contributed by atoms with Gasteiger partial charge in [0.05, 0.1) is 6.54 Å². The highest BCUT2D eigenvalue weighted by atomic mass is 16.6. The molecule has 0 bridgehead atoms. The van der Waals surface area contributed by atoms with Crippen molar-refractivity contribution in [3.63, 3.8) is 0 Å². The SMILES string of the molecule is Cc1cccnc1Nc1cccc(N2CCOC2=O)c1. The van der Waals surface area contributed by atoms with Gasteiger partial charge in [0.2, 0.25) is 0 Å². The minimum Gasteiger partial charge on any atom is -0.447 e. The molecule has 0 unspecified atom stereocenters. The van der Waals surface area contributed by atoms with Crippen molar-refractivity contribution in [1.82, 2.24) is 4.98 Å². The summed E-state index contributed by atoms with van der Waals surface area (Å²) in [6.45, 7) is 3.03. The van der Waals surface area contributed by atoms with E-state index in [2.05, 4.69) is 10.3 Å². The van der Waals surface area contributed by atoms with Crippen LogP contribution < -0.4 is 10.2 Å². The Hall–Kier alpha value is -2.56. The molecule has 3 rings (SSSR count). The number of ether oxygens (including phenoxy) is 1. The van der Waals surface area contributed by atoms with Crippen LogP contribution >= 0.6 is 0 Å². The van der Waals surface area contributed by atoms with Gasteiger partial charge in [0.25, 0.3) is 0 Å². The molecule has 1 fully saturated rings. The second kappa shape index (κ2) is 5.21. The molecular weight excluding hydrogens is 254 g/mol. The van der Waals surface area contributed by atoms with Gasteiger partial charge in [-0.1, -0.05) is 12.1 Å². The van der Waals surface area contributed by atoms with Gasteiger partial charge in [0.15, 0.2) is 0 Å². The zero-order valence-corrected chi connectivity index (χ0v) is 11.2. The normalized spacial score (nSPS) is 14.2. The quantitative estimate of drug-likeness (QED) is 0.930. The first kappa shape index (κ1) is 12.5. The summed E-state index contributed by atoms with van der Waals surface area (Å²) >= 11 is 0. The first-order valence-corrected chi connectivity index (χ1v) is 6.47. The Morgan fingerprint density at radius 1 is 1.30 bits per heavy atom. The Morgan fingerprint density at radius 2 is 2.20 bits per heavy atom. The summed E-state index contributed by atoms with van der Waals surface area (Å²) in [7, 11) is 0. The smallest absolute Gasteiger partial charge is 0.414 e. The van der Waals surface area contributed by atoms with Crippen molar-refractivity contribution in [2.24, 2.45) is 0 Å². The summed E-state index contributed by atoms with van der Waals surface area (Å²) in [6, 6.07) is 11.6. The number of hydrogen-bond donors (Lipinski definition) is 1. The maximum atomic E-state index is 11.6. The molecule has 2 heterocycles. The molecule has 2 aromatic rings. The molecule has 0 radical (unpaired) electrons. The third-order valence-electron chi connectivity index (χ3n) is 3.19. The molecule has 5 nitrogen and oxygen atoms in total. The number of rotatable bonds is 3. The largest absolute Gasteiger partial charge is 0.447 e. The molecule has 1 aromatic heterocycles. The van der Waals surface area contributed by atoms with E-state index in [4.69, 9.17) is 4.74 Å². The van der Waals surface area contributed by atoms with Gasteiger partial charge in [-0.05, 0) is 36.8 Å². The molecule has 1 amide bonds. The van der Waals surface area contributed by atoms with Crippen molar-refractivity contribution < 1.29 is 9.53 Å². The third kappa shape index (κ3) is 2.42. The number of amides is 1. The minimum atomic E-state index is -0.295. The van der Waals surface area contributed by atoms with Crippen molar-refractivity contribution in [3.8, 4) is 0 Å². The van der Waals surface area contributed by atoms with Crippen LogP contribution in [0.2, 0.25) is 0 Å². The van der Waals surface area contributed by atoms with Gasteiger partial charge in [-0.3, -0.25) is 4.90 Å². The van der Waals surface area contributed by atoms with Crippen molar-refractivity contribution in [3.05, 3.63) is 48.2 Å². The number of aromatic nitrogens is 1. The lowest BCUT2D eigenvalue weighted by Gasteiger charge is -2.15. The highest BCUT2D eigenvalue weighted by molar-refractivity contribution is 5.90. The number of pyridine rings is 1. The van der Waals surface area contributed by atoms with E-state index in [1.807, 2.05) is 43.3 Å². The summed E-state index contributed by atoms with van der Waals surface area (Å²) in [5, 5.41) is 3.26. The number of carbonyl (C=O) groups is 1. The fourth-order valence-corrected chi connectivity index (χ4v) is 2.13. The standard InChI is InChI=1S/C15H15N3O2/c1-11-4-3-7-16-14(11)17-12-5-2-6-13(10-12)18-8-9-20-15(18)19/h2-7,10H,8-9H2,1H3,(H,16,17). The molecule has 1 aliphatic rings. The zero-order valence-electron chi connectivity index (χ0n) is 11.2. The summed E-state index contributed by atoms with van der Waals surface area (Å²) < 4.78 is 4.95. The average Bonchev–Trinajstić information content (AvgIpc) is 2.88. The second-order valence-electron chi connectivity index (χ2n) is 4.61. The number of cyclic esters (lactones) is 1. The summed E-state index contributed by atoms with van der Waals surface area (Å²) in [5.74, 6) is 0.814. The summed E-state index contributed by atoms with van der Waals surface area (Å²) in [4.78, 5) is 17.5. The van der Waals surface area contributed by atoms with Crippen LogP contribution in [-0.2, 0) is 4.74 Å². The van der Waals surface area contributed by atoms with Crippen molar-refractivity contribution in [1.29, 1.82) is 0 Å². The maximum absolute atomic E-state index is 11.6. The molecule has 1 aromatic carbocycles. The third-order valence-corrected chi connectivity index (χ3v) is 3.19. The van der Waals surface area contributed by atoms with Crippen LogP contribution in [0, 0.1) is 6.92 Å². The minimum absolute atomic E-state index is 0.295. The first-order valence-electron chi connectivity index (χ1n) is 6.47. The van der Waals surface area contributed by atoms with Crippen LogP contribution in [0.1, 0.15) is 5.56 Å². The van der Waals surface area contributed by atoms with Gasteiger partial charge >= 0.3 is 6.09 Å². The molecule has 0 spiro atoms. The molecule has 0 aliphatic carbocycles. The zero-order chi connectivity index (χ0) is 13.9. The lowest BCUT2D eigenvalue weighted by atomic mass is 10.2. The van der Waals surface area contributed by atoms with Gasteiger partial charge in [0, 0.05) is 17.6 Å². The van der Waals surface area contributed by atoms with Gasteiger partial charge in [-0.25, -0.2) is 9.78 Å². The predicted molar refractivity (Wildman–Crippen MR) is 77.4 cm³/mol. The molecule has 102 valence electrons. The van der Waals surface area contributed by atoms with E-state index < -0.39 is 0 Å². The van der Waals surface area contributed by atoms with Crippen LogP contribution in [0.3, 0.4) is 0 Å². The van der Waals surface area contributed by atoms with Crippen molar-refractivity contribution in [2.75, 3.05) is 23.4 Å². The molecular formula is C15H15N3O2. The Balaban J connectivity index is 1.85. The summed E-state index contributed by atoms with van der Waals surface area (Å²) in [5.41, 5.74) is 2.79. The van der Waals surface area contributed by atoms with Crippen LogP contribution in [0.4, 0.5) is 22.0 Å². The second-order valence-corrected chi connectivity index (χ2v) is 4.61. The number of benzene rings is 1. The van der Waals surface area contributed by atoms with Crippen LogP contribution in [0.25, 0.3) is 0 Å². The number of nitrogens with one attached hydrogen (secondary N) is 1. The van der Waals surface area contributed by atoms with E-state index in [1.165, 1.54) is 0 Å². The van der Waals surface area contributed by atoms with Crippen LogP contribution in [0.5, 0.6) is 0 Å². The predicted octanol–water partition coefficient (Wildman–Crippen LogP) is 3.09. The van der Waals surface area contributed by atoms with Crippen molar-refractivity contribution in [2.45, 2.75) is 6.92 Å². The van der Waals surface area contributed by atoms with Crippen molar-refractivity contribution >= 4 is 23.3 Å². The lowest BCUT2D eigenvalue weighted by Crippen LogP contribution is -2.23. The average molecular weight is 269 g/mol. The van der Waals surface area contributed by atoms with E-state index in [1.54, 1.807) is 11.1 Å². The summed E-state index contributed by atoms with van der Waals surface area (Å²) in [6.07, 6.45) is 1.45. The van der Waals surface area contributed by atoms with Gasteiger partial charge in [0.1, 0.15) is 12.4 Å². The monoisotopic (exact) mass is 269 g/mol. The Kier molecular flexibility index (Phi) is 3.25. The highest BCUT2D eigenvalue weighted by Crippen LogP contribution is 2.24. The fourth-order valence-electron chi connectivity index (χ4n) is 2.13. The molecule has 1 saturated heterocycles. The molecule has 0 atom stereocenters. The van der Waals surface area contributed by atoms with E-state index in [0.717, 1.165) is 22.8 Å². The van der Waals surface area contributed by atoms with E-state index >= 15 is 0 Å². The molecule has 0 saturated carbocycles. The first-order chi connectivity index (χ1) is 9.74. The molecule has 1 N–H and O–H groups in total. The van der Waals surface area contributed by atoms with Gasteiger partial charge < -0.3 is 10.1 Å².